The summed E-state index contributed by atoms with van der Waals surface area (Å²) in [5, 5.41) is 0.940. The predicted molar refractivity (Wildman–Crippen MR) is 71.0 cm³/mol. The van der Waals surface area contributed by atoms with Crippen molar-refractivity contribution in [3.63, 3.8) is 0 Å². The Kier molecular flexibility index (Phi) is 5.30. The van der Waals surface area contributed by atoms with Crippen molar-refractivity contribution >= 4 is 17.8 Å². The van der Waals surface area contributed by atoms with Gasteiger partial charge in [0.15, 0.2) is 0 Å². The molecule has 1 heterocycles. The number of carbonyl (C=O) groups excluding carboxylic acids is 3. The van der Waals surface area contributed by atoms with Crippen LogP contribution in [0.4, 0.5) is 0 Å². The van der Waals surface area contributed by atoms with Gasteiger partial charge in [0, 0.05) is 19.3 Å². The van der Waals surface area contributed by atoms with Crippen molar-refractivity contribution in [3.8, 4) is 0 Å². The van der Waals surface area contributed by atoms with E-state index in [1.165, 1.54) is 0 Å². The Hall–Kier alpha value is -1.85. The number of hydroxylamine groups is 2. The fourth-order valence-electron chi connectivity index (χ4n) is 1.66. The summed E-state index contributed by atoms with van der Waals surface area (Å²) in [6, 6.07) is 0. The molecule has 0 spiro atoms. The first-order valence-electron chi connectivity index (χ1n) is 6.62. The molecule has 0 N–H and O–H groups in total. The molecule has 0 atom stereocenters. The molecule has 112 valence electrons. The third-order valence-corrected chi connectivity index (χ3v) is 2.52. The van der Waals surface area contributed by atoms with Crippen molar-refractivity contribution in [2.24, 2.45) is 0 Å². The topological polar surface area (TPSA) is 72.9 Å². The van der Waals surface area contributed by atoms with Crippen LogP contribution >= 0.6 is 0 Å². The number of amides is 1. The molecule has 1 amide bonds. The van der Waals surface area contributed by atoms with Crippen LogP contribution in [-0.4, -0.2) is 28.5 Å². The zero-order valence-electron chi connectivity index (χ0n) is 12.2. The number of hydrogen-bond donors (Lipinski definition) is 0. The van der Waals surface area contributed by atoms with Crippen LogP contribution in [0.2, 0.25) is 0 Å². The lowest BCUT2D eigenvalue weighted by atomic mass is 10.2. The van der Waals surface area contributed by atoms with Crippen LogP contribution in [0.25, 0.3) is 0 Å². The molecule has 6 heteroatoms. The molecule has 20 heavy (non-hydrogen) atoms. The van der Waals surface area contributed by atoms with Gasteiger partial charge in [0.05, 0.1) is 5.70 Å². The van der Waals surface area contributed by atoms with E-state index < -0.39 is 11.6 Å². The van der Waals surface area contributed by atoms with Gasteiger partial charge >= 0.3 is 11.9 Å². The van der Waals surface area contributed by atoms with Gasteiger partial charge in [-0.05, 0) is 33.6 Å². The average Bonchev–Trinajstić information content (AvgIpc) is 2.58. The third-order valence-electron chi connectivity index (χ3n) is 2.52. The smallest absolute Gasteiger partial charge is 0.333 e. The molecular formula is C14H21NO5. The summed E-state index contributed by atoms with van der Waals surface area (Å²) < 4.78 is 5.12. The van der Waals surface area contributed by atoms with E-state index in [-0.39, 0.29) is 24.7 Å². The summed E-state index contributed by atoms with van der Waals surface area (Å²) >= 11 is 0. The molecule has 1 fully saturated rings. The summed E-state index contributed by atoms with van der Waals surface area (Å²) in [6.45, 7) is 8.99. The van der Waals surface area contributed by atoms with Gasteiger partial charge in [0.2, 0.25) is 0 Å². The first-order valence-corrected chi connectivity index (χ1v) is 6.62. The van der Waals surface area contributed by atoms with Gasteiger partial charge in [0.25, 0.3) is 5.91 Å². The van der Waals surface area contributed by atoms with E-state index in [1.807, 2.05) is 0 Å². The zero-order chi connectivity index (χ0) is 15.3. The molecule has 1 aliphatic heterocycles. The van der Waals surface area contributed by atoms with Crippen molar-refractivity contribution < 1.29 is 24.0 Å². The molecule has 1 rings (SSSR count). The standard InChI is InChI=1S/C14H21NO5/c1-10-8-9-11(16)15(10)20-13(18)7-5-6-12(17)19-14(2,3)4/h1,5-9H2,2-4H3. The lowest BCUT2D eigenvalue weighted by Gasteiger charge is -2.19. The number of rotatable bonds is 5. The van der Waals surface area contributed by atoms with Crippen LogP contribution in [0.3, 0.4) is 0 Å². The SMILES string of the molecule is C=C1CCC(=O)N1OC(=O)CCCC(=O)OC(C)(C)C. The summed E-state index contributed by atoms with van der Waals surface area (Å²) in [6.07, 6.45) is 1.33. The second-order valence-corrected chi connectivity index (χ2v) is 5.66. The Balaban J connectivity index is 2.25. The van der Waals surface area contributed by atoms with Gasteiger partial charge in [-0.2, -0.15) is 0 Å². The van der Waals surface area contributed by atoms with Gasteiger partial charge in [-0.1, -0.05) is 6.58 Å². The quantitative estimate of drug-likeness (QED) is 0.722. The summed E-state index contributed by atoms with van der Waals surface area (Å²) in [5.74, 6) is -1.17. The highest BCUT2D eigenvalue weighted by molar-refractivity contribution is 5.82. The zero-order valence-corrected chi connectivity index (χ0v) is 12.2. The predicted octanol–water partition coefficient (Wildman–Crippen LogP) is 2.09. The average molecular weight is 283 g/mol. The highest BCUT2D eigenvalue weighted by Crippen LogP contribution is 2.21. The lowest BCUT2D eigenvalue weighted by Crippen LogP contribution is -2.27. The summed E-state index contributed by atoms with van der Waals surface area (Å²) in [5.41, 5.74) is -0.0485. The number of allylic oxidation sites excluding steroid dienone is 1. The third kappa shape index (κ3) is 5.42. The number of carbonyl (C=O) groups is 3. The maximum absolute atomic E-state index is 11.5. The Bertz CT molecular complexity index is 406. The van der Waals surface area contributed by atoms with Crippen LogP contribution < -0.4 is 0 Å². The molecule has 0 aliphatic carbocycles. The highest BCUT2D eigenvalue weighted by Gasteiger charge is 2.28. The molecule has 0 aromatic rings. The second kappa shape index (κ2) is 6.54. The maximum atomic E-state index is 11.5. The van der Waals surface area contributed by atoms with Crippen molar-refractivity contribution in [3.05, 3.63) is 12.3 Å². The number of hydrogen-bond acceptors (Lipinski definition) is 5. The van der Waals surface area contributed by atoms with E-state index in [9.17, 15) is 14.4 Å². The van der Waals surface area contributed by atoms with Gasteiger partial charge in [-0.15, -0.1) is 5.06 Å². The minimum atomic E-state index is -0.551. The number of nitrogens with zero attached hydrogens (tertiary/aromatic N) is 1. The van der Waals surface area contributed by atoms with Gasteiger partial charge in [-0.3, -0.25) is 9.59 Å². The minimum absolute atomic E-state index is 0.0519. The van der Waals surface area contributed by atoms with Gasteiger partial charge in [-0.25, -0.2) is 4.79 Å². The van der Waals surface area contributed by atoms with Gasteiger partial charge < -0.3 is 9.57 Å². The van der Waals surface area contributed by atoms with Crippen molar-refractivity contribution in [1.29, 1.82) is 0 Å². The summed E-state index contributed by atoms with van der Waals surface area (Å²) in [7, 11) is 0. The Morgan fingerprint density at radius 3 is 2.30 bits per heavy atom. The van der Waals surface area contributed by atoms with Crippen molar-refractivity contribution in [2.45, 2.75) is 58.5 Å². The lowest BCUT2D eigenvalue weighted by molar-refractivity contribution is -0.186. The highest BCUT2D eigenvalue weighted by atomic mass is 16.7. The minimum Gasteiger partial charge on any atom is -0.460 e. The van der Waals surface area contributed by atoms with Crippen molar-refractivity contribution in [1.82, 2.24) is 5.06 Å². The maximum Gasteiger partial charge on any atom is 0.333 e. The first kappa shape index (κ1) is 16.2. The fraction of sp³-hybridized carbons (Fsp3) is 0.643. The van der Waals surface area contributed by atoms with Crippen LogP contribution in [0.1, 0.15) is 52.9 Å². The molecule has 0 aromatic carbocycles. The summed E-state index contributed by atoms with van der Waals surface area (Å²) in [4.78, 5) is 39.3. The molecule has 1 aliphatic rings. The number of esters is 1. The van der Waals surface area contributed by atoms with E-state index in [4.69, 9.17) is 9.57 Å². The first-order chi connectivity index (χ1) is 9.19. The Labute approximate surface area is 118 Å². The largest absolute Gasteiger partial charge is 0.460 e. The van der Waals surface area contributed by atoms with E-state index in [2.05, 4.69) is 6.58 Å². The second-order valence-electron chi connectivity index (χ2n) is 5.66. The van der Waals surface area contributed by atoms with Crippen LogP contribution in [0.5, 0.6) is 0 Å². The molecular weight excluding hydrogens is 262 g/mol. The van der Waals surface area contributed by atoms with Crippen LogP contribution in [-0.2, 0) is 24.0 Å². The van der Waals surface area contributed by atoms with Gasteiger partial charge in [0.1, 0.15) is 5.60 Å². The Morgan fingerprint density at radius 1 is 1.20 bits per heavy atom. The van der Waals surface area contributed by atoms with E-state index >= 15 is 0 Å². The molecule has 0 radical (unpaired) electrons. The van der Waals surface area contributed by atoms with Crippen LogP contribution in [0.15, 0.2) is 12.3 Å². The monoisotopic (exact) mass is 283 g/mol. The number of ether oxygens (including phenoxy) is 1. The van der Waals surface area contributed by atoms with E-state index in [1.54, 1.807) is 20.8 Å². The molecule has 0 bridgehead atoms. The van der Waals surface area contributed by atoms with Crippen molar-refractivity contribution in [2.75, 3.05) is 0 Å². The fourth-order valence-corrected chi connectivity index (χ4v) is 1.66. The van der Waals surface area contributed by atoms with Crippen LogP contribution in [0, 0.1) is 0 Å². The molecule has 0 unspecified atom stereocenters. The Morgan fingerprint density at radius 2 is 1.80 bits per heavy atom. The normalized spacial score (nSPS) is 15.4. The molecule has 0 saturated carbocycles. The molecule has 6 nitrogen and oxygen atoms in total. The molecule has 1 saturated heterocycles. The molecule has 0 aromatic heterocycles. The van der Waals surface area contributed by atoms with E-state index in [0.29, 0.717) is 25.0 Å². The van der Waals surface area contributed by atoms with E-state index in [0.717, 1.165) is 5.06 Å².